The first kappa shape index (κ1) is 23.6. The van der Waals surface area contributed by atoms with Gasteiger partial charge in [-0.05, 0) is 73.6 Å². The fraction of sp³-hybridized carbons (Fsp3) is 0.308. The Morgan fingerprint density at radius 3 is 2.35 bits per heavy atom. The number of hydrogen-bond acceptors (Lipinski definition) is 4. The monoisotopic (exact) mass is 468 g/mol. The average molecular weight is 469 g/mol. The summed E-state index contributed by atoms with van der Waals surface area (Å²) in [4.78, 5) is 13.6. The van der Waals surface area contributed by atoms with E-state index < -0.39 is 17.6 Å². The zero-order chi connectivity index (χ0) is 24.5. The summed E-state index contributed by atoms with van der Waals surface area (Å²) in [6, 6.07) is 10.7. The van der Waals surface area contributed by atoms with Gasteiger partial charge in [-0.2, -0.15) is 13.2 Å². The standard InChI is InChI=1S/C26H27F3N4O/c1-16(20-8-5-9-21(20)24(30)17-6-4-7-18(14-17)25(31)34)32-23-15-19(33-12-2-3-13-33)10-11-22(23)26(27,28)29/h4,6-7,10-11,14-15,30,32H,1-3,5,8-9,12-13H2,(H2,31,34). The Bertz CT molecular complexity index is 1180. The molecule has 1 aliphatic heterocycles. The van der Waals surface area contributed by atoms with E-state index in [4.69, 9.17) is 11.1 Å². The second kappa shape index (κ2) is 9.37. The number of nitrogens with zero attached hydrogens (tertiary/aromatic N) is 1. The summed E-state index contributed by atoms with van der Waals surface area (Å²) in [5, 5.41) is 11.6. The number of carbonyl (C=O) groups is 1. The Morgan fingerprint density at radius 2 is 1.68 bits per heavy atom. The smallest absolute Gasteiger partial charge is 0.371 e. The lowest BCUT2D eigenvalue weighted by molar-refractivity contribution is -0.136. The number of nitrogens with two attached hydrogens (primary N) is 1. The van der Waals surface area contributed by atoms with Gasteiger partial charge in [-0.25, -0.2) is 0 Å². The highest BCUT2D eigenvalue weighted by atomic mass is 19.4. The molecule has 0 bridgehead atoms. The van der Waals surface area contributed by atoms with Gasteiger partial charge >= 0.3 is 6.18 Å². The van der Waals surface area contributed by atoms with Crippen LogP contribution in [0.1, 0.15) is 53.6 Å². The first-order chi connectivity index (χ1) is 16.1. The van der Waals surface area contributed by atoms with Crippen LogP contribution in [0.5, 0.6) is 0 Å². The van der Waals surface area contributed by atoms with Gasteiger partial charge in [-0.1, -0.05) is 18.7 Å². The lowest BCUT2D eigenvalue weighted by Gasteiger charge is -2.23. The molecule has 5 nitrogen and oxygen atoms in total. The number of benzene rings is 2. The summed E-state index contributed by atoms with van der Waals surface area (Å²) in [6.45, 7) is 5.68. The van der Waals surface area contributed by atoms with Crippen molar-refractivity contribution < 1.29 is 18.0 Å². The summed E-state index contributed by atoms with van der Waals surface area (Å²) in [5.74, 6) is -0.584. The fourth-order valence-electron chi connectivity index (χ4n) is 4.65. The van der Waals surface area contributed by atoms with Crippen molar-refractivity contribution in [2.75, 3.05) is 23.3 Å². The molecular weight excluding hydrogens is 441 g/mol. The number of halogens is 3. The molecule has 0 unspecified atom stereocenters. The van der Waals surface area contributed by atoms with Crippen molar-refractivity contribution in [1.29, 1.82) is 5.41 Å². The molecule has 34 heavy (non-hydrogen) atoms. The van der Waals surface area contributed by atoms with Crippen molar-refractivity contribution >= 4 is 23.0 Å². The number of carbonyl (C=O) groups excluding carboxylic acids is 1. The molecule has 2 aromatic rings. The molecule has 1 heterocycles. The Kier molecular flexibility index (Phi) is 6.50. The van der Waals surface area contributed by atoms with E-state index in [2.05, 4.69) is 16.8 Å². The Balaban J connectivity index is 1.65. The summed E-state index contributed by atoms with van der Waals surface area (Å²) in [7, 11) is 0. The highest BCUT2D eigenvalue weighted by Crippen LogP contribution is 2.40. The van der Waals surface area contributed by atoms with Gasteiger partial charge in [0.25, 0.3) is 0 Å². The molecule has 178 valence electrons. The molecule has 1 fully saturated rings. The van der Waals surface area contributed by atoms with Crippen molar-refractivity contribution in [2.45, 2.75) is 38.3 Å². The molecule has 2 aromatic carbocycles. The number of primary amides is 1. The summed E-state index contributed by atoms with van der Waals surface area (Å²) in [6.07, 6.45) is -0.496. The van der Waals surface area contributed by atoms with Gasteiger partial charge in [-0.3, -0.25) is 10.2 Å². The molecule has 8 heteroatoms. The van der Waals surface area contributed by atoms with Crippen LogP contribution in [0.4, 0.5) is 24.5 Å². The van der Waals surface area contributed by atoms with Crippen LogP contribution in [0.15, 0.2) is 65.9 Å². The normalized spacial score (nSPS) is 16.1. The summed E-state index contributed by atoms with van der Waals surface area (Å²) >= 11 is 0. The Hall–Kier alpha value is -3.55. The zero-order valence-corrected chi connectivity index (χ0v) is 18.8. The number of allylic oxidation sites excluding steroid dienone is 2. The van der Waals surface area contributed by atoms with Crippen molar-refractivity contribution in [3.8, 4) is 0 Å². The SMILES string of the molecule is C=C(Nc1cc(N2CCCC2)ccc1C(F)(F)F)C1=C(C(=N)c2cccc(C(N)=O)c2)CCC1. The van der Waals surface area contributed by atoms with Crippen LogP contribution >= 0.6 is 0 Å². The van der Waals surface area contributed by atoms with E-state index in [1.807, 2.05) is 0 Å². The van der Waals surface area contributed by atoms with Crippen molar-refractivity contribution in [3.63, 3.8) is 0 Å². The minimum atomic E-state index is -4.51. The first-order valence-electron chi connectivity index (χ1n) is 11.3. The molecule has 0 radical (unpaired) electrons. The predicted octanol–water partition coefficient (Wildman–Crippen LogP) is 5.88. The van der Waals surface area contributed by atoms with Gasteiger partial charge in [-0.15, -0.1) is 0 Å². The number of amides is 1. The minimum Gasteiger partial charge on any atom is -0.371 e. The van der Waals surface area contributed by atoms with E-state index >= 15 is 0 Å². The molecule has 2 aliphatic rings. The highest BCUT2D eigenvalue weighted by molar-refractivity contribution is 6.12. The van der Waals surface area contributed by atoms with Crippen LogP contribution in [0, 0.1) is 5.41 Å². The lowest BCUT2D eigenvalue weighted by Crippen LogP contribution is -2.19. The quantitative estimate of drug-likeness (QED) is 0.444. The molecule has 1 amide bonds. The van der Waals surface area contributed by atoms with Crippen LogP contribution in [-0.4, -0.2) is 24.7 Å². The van der Waals surface area contributed by atoms with Crippen LogP contribution in [0.3, 0.4) is 0 Å². The third-order valence-electron chi connectivity index (χ3n) is 6.38. The second-order valence-corrected chi connectivity index (χ2v) is 8.66. The molecular formula is C26H27F3N4O. The van der Waals surface area contributed by atoms with Crippen LogP contribution in [-0.2, 0) is 6.18 Å². The summed E-state index contributed by atoms with van der Waals surface area (Å²) < 4.78 is 41.2. The molecule has 4 rings (SSSR count). The number of alkyl halides is 3. The topological polar surface area (TPSA) is 82.2 Å². The van der Waals surface area contributed by atoms with E-state index in [0.717, 1.165) is 49.7 Å². The van der Waals surface area contributed by atoms with Gasteiger partial charge < -0.3 is 16.0 Å². The van der Waals surface area contributed by atoms with E-state index in [1.54, 1.807) is 24.3 Å². The third kappa shape index (κ3) is 4.85. The van der Waals surface area contributed by atoms with Crippen LogP contribution < -0.4 is 16.0 Å². The highest BCUT2D eigenvalue weighted by Gasteiger charge is 2.34. The Labute approximate surface area is 196 Å². The predicted molar refractivity (Wildman–Crippen MR) is 128 cm³/mol. The molecule has 1 saturated heterocycles. The molecule has 0 atom stereocenters. The van der Waals surface area contributed by atoms with Crippen LogP contribution in [0.2, 0.25) is 0 Å². The van der Waals surface area contributed by atoms with E-state index in [0.29, 0.717) is 35.2 Å². The number of anilines is 2. The van der Waals surface area contributed by atoms with Gasteiger partial charge in [0.1, 0.15) is 0 Å². The number of rotatable bonds is 7. The van der Waals surface area contributed by atoms with E-state index in [9.17, 15) is 18.0 Å². The largest absolute Gasteiger partial charge is 0.418 e. The van der Waals surface area contributed by atoms with Gasteiger partial charge in [0.05, 0.1) is 17.0 Å². The maximum Gasteiger partial charge on any atom is 0.418 e. The van der Waals surface area contributed by atoms with Crippen molar-refractivity contribution in [1.82, 2.24) is 0 Å². The third-order valence-corrected chi connectivity index (χ3v) is 6.38. The van der Waals surface area contributed by atoms with E-state index in [1.165, 1.54) is 12.1 Å². The first-order valence-corrected chi connectivity index (χ1v) is 11.3. The Morgan fingerprint density at radius 1 is 1.00 bits per heavy atom. The number of hydrogen-bond donors (Lipinski definition) is 3. The van der Waals surface area contributed by atoms with Gasteiger partial charge in [0.15, 0.2) is 0 Å². The van der Waals surface area contributed by atoms with Crippen molar-refractivity contribution in [2.24, 2.45) is 5.73 Å². The minimum absolute atomic E-state index is 0.0390. The van der Waals surface area contributed by atoms with Crippen molar-refractivity contribution in [3.05, 3.63) is 82.6 Å². The average Bonchev–Trinajstić information content (AvgIpc) is 3.50. The number of nitrogens with one attached hydrogen (secondary N) is 2. The molecule has 0 spiro atoms. The molecule has 0 aromatic heterocycles. The summed E-state index contributed by atoms with van der Waals surface area (Å²) in [5.41, 5.74) is 8.17. The molecule has 4 N–H and O–H groups in total. The zero-order valence-electron chi connectivity index (χ0n) is 18.8. The van der Waals surface area contributed by atoms with Gasteiger partial charge in [0.2, 0.25) is 5.91 Å². The fourth-order valence-corrected chi connectivity index (χ4v) is 4.65. The second-order valence-electron chi connectivity index (χ2n) is 8.66. The molecule has 1 aliphatic carbocycles. The van der Waals surface area contributed by atoms with Crippen LogP contribution in [0.25, 0.3) is 0 Å². The van der Waals surface area contributed by atoms with E-state index in [-0.39, 0.29) is 11.4 Å². The molecule has 0 saturated carbocycles. The maximum absolute atomic E-state index is 13.7. The maximum atomic E-state index is 13.7. The van der Waals surface area contributed by atoms with Gasteiger partial charge in [0, 0.05) is 35.6 Å². The lowest BCUT2D eigenvalue weighted by atomic mass is 9.96.